The molecule has 2 bridgehead atoms. The summed E-state index contributed by atoms with van der Waals surface area (Å²) in [4.78, 5) is 6.60. The van der Waals surface area contributed by atoms with Crippen LogP contribution in [0.25, 0.3) is 22.4 Å². The molecule has 2 saturated heterocycles. The second-order valence-corrected chi connectivity index (χ2v) is 9.76. The summed E-state index contributed by atoms with van der Waals surface area (Å²) in [7, 11) is 0. The number of phenolic OH excluding ortho intramolecular Hbond substituents is 1. The van der Waals surface area contributed by atoms with Gasteiger partial charge in [0, 0.05) is 23.7 Å². The second kappa shape index (κ2) is 8.05. The lowest BCUT2D eigenvalue weighted by molar-refractivity contribution is 0.171. The highest BCUT2D eigenvalue weighted by Crippen LogP contribution is 2.40. The Kier molecular flexibility index (Phi) is 4.33. The maximum absolute atomic E-state index is 15.3. The smallest absolute Gasteiger partial charge is 0.245 e. The number of piperidine rings is 1. The average molecular weight is 478 g/mol. The van der Waals surface area contributed by atoms with Gasteiger partial charge in [0.2, 0.25) is 12.7 Å². The van der Waals surface area contributed by atoms with Gasteiger partial charge in [-0.2, -0.15) is 0 Å². The molecule has 3 fully saturated rings. The van der Waals surface area contributed by atoms with E-state index in [1.165, 1.54) is 0 Å². The first-order chi connectivity index (χ1) is 17.8. The van der Waals surface area contributed by atoms with Crippen molar-refractivity contribution in [3.8, 4) is 39.6 Å². The van der Waals surface area contributed by atoms with Crippen LogP contribution in [0.2, 0.25) is 0 Å². The number of rotatable bonds is 5. The molecule has 3 aliphatic heterocycles. The highest BCUT2D eigenvalue weighted by molar-refractivity contribution is 5.75. The van der Waals surface area contributed by atoms with Gasteiger partial charge in [0.05, 0.1) is 12.2 Å². The first kappa shape index (κ1) is 18.8. The zero-order valence-electron chi connectivity index (χ0n) is 20.9. The van der Waals surface area contributed by atoms with E-state index >= 15 is 4.39 Å². The van der Waals surface area contributed by atoms with Crippen LogP contribution in [-0.4, -0.2) is 57.4 Å². The number of fused-ring (bicyclic) bond motifs is 3. The average Bonchev–Trinajstić information content (AvgIpc) is 3.54. The number of hydrogen-bond acceptors (Lipinski definition) is 8. The van der Waals surface area contributed by atoms with Gasteiger partial charge >= 0.3 is 0 Å². The number of nitrogens with one attached hydrogen (secondary N) is 1. The number of aromatic hydroxyl groups is 1. The Morgan fingerprint density at radius 2 is 1.86 bits per heavy atom. The van der Waals surface area contributed by atoms with E-state index in [9.17, 15) is 5.11 Å². The topological polar surface area (TPSA) is 92.6 Å². The SMILES string of the molecule is [2H]C1([2H])Oc2ccc(-c3ccc(-c4cnc(N(C5CC5)[C@H]5C[C@@H]6CC[C@H](N6)[C@H]5F)nn4)c(O)c3)cc2O1. The third-order valence-corrected chi connectivity index (χ3v) is 7.49. The minimum atomic E-state index is -2.20. The zero-order valence-corrected chi connectivity index (χ0v) is 18.9. The first-order valence-electron chi connectivity index (χ1n) is 13.1. The van der Waals surface area contributed by atoms with Crippen molar-refractivity contribution in [1.29, 1.82) is 0 Å². The third kappa shape index (κ3) is 3.65. The quantitative estimate of drug-likeness (QED) is 0.573. The number of benzene rings is 2. The predicted molar refractivity (Wildman–Crippen MR) is 127 cm³/mol. The van der Waals surface area contributed by atoms with Crippen molar-refractivity contribution in [2.45, 2.75) is 62.4 Å². The summed E-state index contributed by atoms with van der Waals surface area (Å²) in [5.41, 5.74) is 2.35. The maximum Gasteiger partial charge on any atom is 0.245 e. The molecule has 0 spiro atoms. The molecule has 7 rings (SSSR count). The van der Waals surface area contributed by atoms with Crippen LogP contribution in [0.3, 0.4) is 0 Å². The highest BCUT2D eigenvalue weighted by atomic mass is 19.1. The number of halogens is 1. The van der Waals surface area contributed by atoms with Crippen LogP contribution >= 0.6 is 0 Å². The number of alkyl halides is 1. The molecular formula is C26H26FN5O3. The van der Waals surface area contributed by atoms with E-state index in [0.717, 1.165) is 37.7 Å². The highest BCUT2D eigenvalue weighted by Gasteiger charge is 2.48. The van der Waals surface area contributed by atoms with Gasteiger partial charge in [0.25, 0.3) is 0 Å². The van der Waals surface area contributed by atoms with Crippen LogP contribution < -0.4 is 19.7 Å². The van der Waals surface area contributed by atoms with Crippen molar-refractivity contribution in [1.82, 2.24) is 20.5 Å². The van der Waals surface area contributed by atoms with Gasteiger partial charge in [-0.05, 0) is 67.5 Å². The van der Waals surface area contributed by atoms with Crippen molar-refractivity contribution in [3.05, 3.63) is 42.6 Å². The summed E-state index contributed by atoms with van der Waals surface area (Å²) in [6, 6.07) is 10.5. The summed E-state index contributed by atoms with van der Waals surface area (Å²) < 4.78 is 40.8. The zero-order chi connectivity index (χ0) is 25.3. The Morgan fingerprint density at radius 1 is 1.03 bits per heavy atom. The molecule has 0 amide bonds. The Labute approximate surface area is 204 Å². The van der Waals surface area contributed by atoms with Crippen LogP contribution in [0.1, 0.15) is 34.8 Å². The molecule has 1 aromatic heterocycles. The van der Waals surface area contributed by atoms with Crippen molar-refractivity contribution in [3.63, 3.8) is 0 Å². The third-order valence-electron chi connectivity index (χ3n) is 7.49. The number of nitrogens with zero attached hydrogens (tertiary/aromatic N) is 4. The molecule has 1 saturated carbocycles. The number of hydrogen-bond donors (Lipinski definition) is 2. The molecule has 0 unspecified atom stereocenters. The number of ether oxygens (including phenoxy) is 2. The maximum atomic E-state index is 15.3. The fourth-order valence-electron chi connectivity index (χ4n) is 5.58. The van der Waals surface area contributed by atoms with Gasteiger partial charge in [0.1, 0.15) is 20.4 Å². The van der Waals surface area contributed by atoms with E-state index in [0.29, 0.717) is 40.3 Å². The van der Waals surface area contributed by atoms with Crippen molar-refractivity contribution in [2.75, 3.05) is 11.6 Å². The monoisotopic (exact) mass is 477 g/mol. The Hall–Kier alpha value is -3.46. The normalized spacial score (nSPS) is 28.9. The summed E-state index contributed by atoms with van der Waals surface area (Å²) >= 11 is 0. The molecular weight excluding hydrogens is 449 g/mol. The van der Waals surface area contributed by atoms with Crippen LogP contribution in [0.15, 0.2) is 42.6 Å². The molecule has 1 aliphatic carbocycles. The fraction of sp³-hybridized carbons (Fsp3) is 0.423. The molecule has 2 N–H and O–H groups in total. The van der Waals surface area contributed by atoms with Gasteiger partial charge in [-0.3, -0.25) is 0 Å². The summed E-state index contributed by atoms with van der Waals surface area (Å²) in [6.45, 7) is -2.20. The lowest BCUT2D eigenvalue weighted by Gasteiger charge is -2.40. The van der Waals surface area contributed by atoms with Crippen LogP contribution in [0.4, 0.5) is 10.3 Å². The Morgan fingerprint density at radius 3 is 2.66 bits per heavy atom. The number of anilines is 1. The molecule has 4 aliphatic rings. The summed E-state index contributed by atoms with van der Waals surface area (Å²) in [6.07, 6.45) is 5.25. The van der Waals surface area contributed by atoms with E-state index in [4.69, 9.17) is 12.2 Å². The molecule has 9 heteroatoms. The Balaban J connectivity index is 1.13. The largest absolute Gasteiger partial charge is 0.507 e. The minimum Gasteiger partial charge on any atom is -0.507 e. The summed E-state index contributed by atoms with van der Waals surface area (Å²) in [5.74, 6) is 1.07. The van der Waals surface area contributed by atoms with Crippen LogP contribution in [-0.2, 0) is 0 Å². The number of phenols is 1. The van der Waals surface area contributed by atoms with Crippen molar-refractivity contribution in [2.24, 2.45) is 0 Å². The standard InChI is InChI=1S/C26H26FN5O3/c27-25-19-7-3-16(29-19)11-21(25)32(17-4-5-17)26-28-12-20(30-31-26)18-6-1-14(9-22(18)33)15-2-8-23-24(10-15)35-13-34-23/h1-2,6,8-10,12,16-17,19,21,25,29,33H,3-5,7,11,13H2/t16-,19-,21-,25+/m0/s1/i13D2. The molecule has 4 atom stereocenters. The van der Waals surface area contributed by atoms with E-state index in [2.05, 4.69) is 20.5 Å². The molecule has 3 aromatic rings. The van der Waals surface area contributed by atoms with Gasteiger partial charge < -0.3 is 24.8 Å². The van der Waals surface area contributed by atoms with Crippen molar-refractivity contribution < 1.29 is 21.7 Å². The molecule has 0 radical (unpaired) electrons. The fourth-order valence-corrected chi connectivity index (χ4v) is 5.58. The number of aromatic nitrogens is 3. The van der Waals surface area contributed by atoms with E-state index in [1.807, 2.05) is 11.0 Å². The summed E-state index contributed by atoms with van der Waals surface area (Å²) in [5, 5.41) is 22.9. The Bertz CT molecular complexity index is 1360. The molecule has 4 heterocycles. The lowest BCUT2D eigenvalue weighted by atomic mass is 9.96. The van der Waals surface area contributed by atoms with Crippen LogP contribution in [0.5, 0.6) is 17.2 Å². The molecule has 35 heavy (non-hydrogen) atoms. The van der Waals surface area contributed by atoms with Crippen molar-refractivity contribution >= 4 is 5.95 Å². The van der Waals surface area contributed by atoms with E-state index in [-0.39, 0.29) is 23.9 Å². The second-order valence-electron chi connectivity index (χ2n) is 9.76. The van der Waals surface area contributed by atoms with Gasteiger partial charge in [-0.15, -0.1) is 10.2 Å². The minimum absolute atomic E-state index is 0.00662. The first-order valence-corrected chi connectivity index (χ1v) is 12.1. The molecule has 180 valence electrons. The van der Waals surface area contributed by atoms with Crippen LogP contribution in [0, 0.1) is 0 Å². The van der Waals surface area contributed by atoms with Gasteiger partial charge in [-0.1, -0.05) is 12.1 Å². The van der Waals surface area contributed by atoms with Gasteiger partial charge in [0.15, 0.2) is 11.5 Å². The van der Waals surface area contributed by atoms with E-state index in [1.54, 1.807) is 36.5 Å². The van der Waals surface area contributed by atoms with E-state index < -0.39 is 12.9 Å². The lowest BCUT2D eigenvalue weighted by Crippen LogP contribution is -2.57. The molecule has 2 aromatic carbocycles. The predicted octanol–water partition coefficient (Wildman–Crippen LogP) is 3.84. The molecule has 8 nitrogen and oxygen atoms in total. The van der Waals surface area contributed by atoms with Gasteiger partial charge in [-0.25, -0.2) is 9.37 Å².